The number of amides is 3. The maximum absolute atomic E-state index is 12.0. The van der Waals surface area contributed by atoms with E-state index in [9.17, 15) is 14.4 Å². The lowest BCUT2D eigenvalue weighted by atomic mass is 10.2. The molecule has 0 atom stereocenters. The van der Waals surface area contributed by atoms with Crippen molar-refractivity contribution in [2.45, 2.75) is 27.2 Å². The van der Waals surface area contributed by atoms with Crippen LogP contribution in [0.4, 0.5) is 4.79 Å². The number of rotatable bonds is 9. The predicted octanol–water partition coefficient (Wildman–Crippen LogP) is 1.88. The van der Waals surface area contributed by atoms with Crippen LogP contribution in [-0.2, 0) is 9.53 Å². The van der Waals surface area contributed by atoms with E-state index in [0.717, 1.165) is 6.42 Å². The summed E-state index contributed by atoms with van der Waals surface area (Å²) in [5.41, 5.74) is 0.218. The first kappa shape index (κ1) is 20.3. The number of urea groups is 1. The summed E-state index contributed by atoms with van der Waals surface area (Å²) < 4.78 is 15.7. The summed E-state index contributed by atoms with van der Waals surface area (Å²) in [6, 6.07) is 3.98. The highest BCUT2D eigenvalue weighted by Crippen LogP contribution is 2.28. The van der Waals surface area contributed by atoms with Crippen LogP contribution in [0.2, 0.25) is 0 Å². The number of imide groups is 1. The van der Waals surface area contributed by atoms with Crippen molar-refractivity contribution in [3.05, 3.63) is 23.8 Å². The smallest absolute Gasteiger partial charge is 0.338 e. The van der Waals surface area contributed by atoms with Crippen molar-refractivity contribution in [1.82, 2.24) is 10.6 Å². The molecule has 0 aromatic heterocycles. The van der Waals surface area contributed by atoms with Crippen molar-refractivity contribution in [2.75, 3.05) is 26.4 Å². The molecule has 0 aliphatic carbocycles. The molecule has 0 radical (unpaired) electrons. The van der Waals surface area contributed by atoms with Gasteiger partial charge < -0.3 is 19.5 Å². The highest BCUT2D eigenvalue weighted by atomic mass is 16.5. The van der Waals surface area contributed by atoms with Crippen LogP contribution >= 0.6 is 0 Å². The second-order valence-electron chi connectivity index (χ2n) is 4.91. The molecular formula is C17H24N2O6. The molecule has 0 aliphatic rings. The second-order valence-corrected chi connectivity index (χ2v) is 4.91. The van der Waals surface area contributed by atoms with Gasteiger partial charge in [-0.3, -0.25) is 10.1 Å². The van der Waals surface area contributed by atoms with Gasteiger partial charge in [-0.2, -0.15) is 0 Å². The summed E-state index contributed by atoms with van der Waals surface area (Å²) in [6.07, 6.45) is 0.747. The Kier molecular flexibility index (Phi) is 8.84. The Morgan fingerprint density at radius 3 is 2.32 bits per heavy atom. The normalized spacial score (nSPS) is 9.88. The maximum atomic E-state index is 12.0. The number of hydrogen-bond acceptors (Lipinski definition) is 6. The zero-order valence-electron chi connectivity index (χ0n) is 14.7. The van der Waals surface area contributed by atoms with Crippen LogP contribution in [0.25, 0.3) is 0 Å². The molecule has 0 fully saturated rings. The van der Waals surface area contributed by atoms with E-state index in [1.165, 1.54) is 12.1 Å². The van der Waals surface area contributed by atoms with Crippen LogP contribution in [0.5, 0.6) is 11.5 Å². The molecule has 1 rings (SSSR count). The largest absolute Gasteiger partial charge is 0.490 e. The third-order valence-electron chi connectivity index (χ3n) is 2.90. The average Bonchev–Trinajstić information content (AvgIpc) is 2.59. The van der Waals surface area contributed by atoms with E-state index in [1.807, 2.05) is 20.8 Å². The Hall–Kier alpha value is -2.77. The Labute approximate surface area is 146 Å². The molecule has 0 aliphatic heterocycles. The fraction of sp³-hybridized carbons (Fsp3) is 0.471. The number of ether oxygens (including phenoxy) is 3. The molecule has 8 heteroatoms. The second kappa shape index (κ2) is 10.9. The molecule has 0 bridgehead atoms. The zero-order chi connectivity index (χ0) is 18.7. The predicted molar refractivity (Wildman–Crippen MR) is 90.9 cm³/mol. The monoisotopic (exact) mass is 352 g/mol. The molecule has 3 amide bonds. The van der Waals surface area contributed by atoms with Gasteiger partial charge in [-0.1, -0.05) is 6.92 Å². The van der Waals surface area contributed by atoms with E-state index in [-0.39, 0.29) is 5.56 Å². The first-order chi connectivity index (χ1) is 12.0. The lowest BCUT2D eigenvalue weighted by Crippen LogP contribution is -2.41. The first-order valence-electron chi connectivity index (χ1n) is 8.16. The first-order valence-corrected chi connectivity index (χ1v) is 8.16. The Morgan fingerprint density at radius 1 is 1.00 bits per heavy atom. The summed E-state index contributed by atoms with van der Waals surface area (Å²) in [4.78, 5) is 34.9. The number of carbonyl (C=O) groups is 3. The average molecular weight is 352 g/mol. The SMILES string of the molecule is CCCNC(=O)NC(=O)COC(=O)c1ccc(OCC)c(OCC)c1. The van der Waals surface area contributed by atoms with Gasteiger partial charge in [-0.25, -0.2) is 9.59 Å². The minimum atomic E-state index is -0.710. The maximum Gasteiger partial charge on any atom is 0.338 e. The Balaban J connectivity index is 2.60. The van der Waals surface area contributed by atoms with Crippen molar-refractivity contribution in [3.8, 4) is 11.5 Å². The van der Waals surface area contributed by atoms with Gasteiger partial charge in [0, 0.05) is 6.54 Å². The molecule has 1 aromatic rings. The third kappa shape index (κ3) is 7.11. The molecule has 8 nitrogen and oxygen atoms in total. The van der Waals surface area contributed by atoms with E-state index in [4.69, 9.17) is 14.2 Å². The third-order valence-corrected chi connectivity index (χ3v) is 2.90. The minimum Gasteiger partial charge on any atom is -0.490 e. The van der Waals surface area contributed by atoms with Crippen molar-refractivity contribution in [2.24, 2.45) is 0 Å². The van der Waals surface area contributed by atoms with Crippen molar-refractivity contribution in [3.63, 3.8) is 0 Å². The van der Waals surface area contributed by atoms with Crippen LogP contribution in [0, 0.1) is 0 Å². The molecule has 0 unspecified atom stereocenters. The van der Waals surface area contributed by atoms with Crippen LogP contribution in [-0.4, -0.2) is 44.3 Å². The van der Waals surface area contributed by atoms with Gasteiger partial charge in [0.05, 0.1) is 18.8 Å². The summed E-state index contributed by atoms with van der Waals surface area (Å²) in [5, 5.41) is 4.55. The lowest BCUT2D eigenvalue weighted by molar-refractivity contribution is -0.123. The molecule has 0 spiro atoms. The molecule has 1 aromatic carbocycles. The number of nitrogens with one attached hydrogen (secondary N) is 2. The van der Waals surface area contributed by atoms with Gasteiger partial charge in [0.2, 0.25) is 0 Å². The molecule has 0 saturated heterocycles. The summed E-state index contributed by atoms with van der Waals surface area (Å²) in [5.74, 6) is -0.473. The van der Waals surface area contributed by atoms with E-state index < -0.39 is 24.5 Å². The molecule has 138 valence electrons. The molecule has 0 saturated carbocycles. The number of esters is 1. The highest BCUT2D eigenvalue weighted by molar-refractivity contribution is 5.97. The van der Waals surface area contributed by atoms with Gasteiger partial charge in [-0.15, -0.1) is 0 Å². The topological polar surface area (TPSA) is 103 Å². The fourth-order valence-electron chi connectivity index (χ4n) is 1.84. The summed E-state index contributed by atoms with van der Waals surface area (Å²) >= 11 is 0. The number of benzene rings is 1. The molecule has 2 N–H and O–H groups in total. The lowest BCUT2D eigenvalue weighted by Gasteiger charge is -2.12. The Bertz CT molecular complexity index is 603. The van der Waals surface area contributed by atoms with Crippen molar-refractivity contribution in [1.29, 1.82) is 0 Å². The standard InChI is InChI=1S/C17H24N2O6/c1-4-9-18-17(22)19-15(20)11-25-16(21)12-7-8-13(23-5-2)14(10-12)24-6-3/h7-8,10H,4-6,9,11H2,1-3H3,(H2,18,19,20,22). The number of carbonyl (C=O) groups excluding carboxylic acids is 3. The Morgan fingerprint density at radius 2 is 1.68 bits per heavy atom. The van der Waals surface area contributed by atoms with Gasteiger partial charge in [-0.05, 0) is 38.5 Å². The van der Waals surface area contributed by atoms with Crippen LogP contribution in [0.3, 0.4) is 0 Å². The van der Waals surface area contributed by atoms with Crippen molar-refractivity contribution < 1.29 is 28.6 Å². The van der Waals surface area contributed by atoms with Gasteiger partial charge in [0.1, 0.15) is 0 Å². The van der Waals surface area contributed by atoms with E-state index >= 15 is 0 Å². The van der Waals surface area contributed by atoms with Gasteiger partial charge >= 0.3 is 12.0 Å². The van der Waals surface area contributed by atoms with E-state index in [0.29, 0.717) is 31.3 Å². The fourth-order valence-corrected chi connectivity index (χ4v) is 1.84. The van der Waals surface area contributed by atoms with Gasteiger partial charge in [0.15, 0.2) is 18.1 Å². The van der Waals surface area contributed by atoms with Gasteiger partial charge in [0.25, 0.3) is 5.91 Å². The van der Waals surface area contributed by atoms with Crippen LogP contribution in [0.1, 0.15) is 37.6 Å². The van der Waals surface area contributed by atoms with Crippen LogP contribution in [0.15, 0.2) is 18.2 Å². The highest BCUT2D eigenvalue weighted by Gasteiger charge is 2.15. The molecular weight excluding hydrogens is 328 g/mol. The quantitative estimate of drug-likeness (QED) is 0.658. The van der Waals surface area contributed by atoms with Crippen molar-refractivity contribution >= 4 is 17.9 Å². The number of hydrogen-bond donors (Lipinski definition) is 2. The summed E-state index contributed by atoms with van der Waals surface area (Å²) in [7, 11) is 0. The molecule has 25 heavy (non-hydrogen) atoms. The van der Waals surface area contributed by atoms with Crippen LogP contribution < -0.4 is 20.1 Å². The minimum absolute atomic E-state index is 0.218. The van der Waals surface area contributed by atoms with E-state index in [1.54, 1.807) is 6.07 Å². The van der Waals surface area contributed by atoms with E-state index in [2.05, 4.69) is 10.6 Å². The zero-order valence-corrected chi connectivity index (χ0v) is 14.7. The summed E-state index contributed by atoms with van der Waals surface area (Å²) in [6.45, 7) is 6.30. The molecule has 0 heterocycles.